The smallest absolute Gasteiger partial charge is 0.225 e. The zero-order chi connectivity index (χ0) is 11.5. The minimum absolute atomic E-state index is 0. The van der Waals surface area contributed by atoms with E-state index in [9.17, 15) is 0 Å². The molecule has 1 fully saturated rings. The first kappa shape index (κ1) is 12.9. The molecule has 0 unspecified atom stereocenters. The highest BCUT2D eigenvalue weighted by molar-refractivity contribution is 5.85. The van der Waals surface area contributed by atoms with Gasteiger partial charge in [0.25, 0.3) is 0 Å². The maximum atomic E-state index is 5.27. The van der Waals surface area contributed by atoms with E-state index in [4.69, 9.17) is 4.42 Å². The van der Waals surface area contributed by atoms with E-state index < -0.39 is 0 Å². The van der Waals surface area contributed by atoms with Crippen LogP contribution in [0.2, 0.25) is 0 Å². The van der Waals surface area contributed by atoms with E-state index in [-0.39, 0.29) is 12.4 Å². The van der Waals surface area contributed by atoms with Crippen molar-refractivity contribution >= 4 is 18.1 Å². The number of benzene rings is 1. The molecule has 1 aromatic carbocycles. The van der Waals surface area contributed by atoms with Crippen LogP contribution in [-0.2, 0) is 0 Å². The van der Waals surface area contributed by atoms with Crippen LogP contribution >= 0.6 is 12.4 Å². The number of piperazine rings is 1. The Bertz CT molecular complexity index is 463. The fraction of sp³-hybridized carbons (Fsp3) is 0.308. The Hall–Kier alpha value is -1.52. The molecule has 0 spiro atoms. The highest BCUT2D eigenvalue weighted by Crippen LogP contribution is 2.21. The molecular formula is C13H16ClN3O. The summed E-state index contributed by atoms with van der Waals surface area (Å²) in [6.07, 6.45) is 3.26. The van der Waals surface area contributed by atoms with Crippen molar-refractivity contribution in [3.05, 3.63) is 36.7 Å². The van der Waals surface area contributed by atoms with Crippen LogP contribution in [0.5, 0.6) is 0 Å². The summed E-state index contributed by atoms with van der Waals surface area (Å²) in [6, 6.07) is 8.38. The number of oxazole rings is 1. The maximum Gasteiger partial charge on any atom is 0.225 e. The second-order valence-corrected chi connectivity index (χ2v) is 4.12. The van der Waals surface area contributed by atoms with Crippen molar-refractivity contribution in [3.63, 3.8) is 0 Å². The van der Waals surface area contributed by atoms with Crippen LogP contribution in [0.4, 0.5) is 5.69 Å². The Morgan fingerprint density at radius 2 is 1.83 bits per heavy atom. The van der Waals surface area contributed by atoms with E-state index in [0.717, 1.165) is 31.7 Å². The highest BCUT2D eigenvalue weighted by Gasteiger charge is 2.10. The number of anilines is 1. The second kappa shape index (κ2) is 5.89. The van der Waals surface area contributed by atoms with Crippen LogP contribution in [0.25, 0.3) is 11.5 Å². The Kier molecular flexibility index (Phi) is 4.23. The third-order valence-corrected chi connectivity index (χ3v) is 3.03. The molecule has 0 amide bonds. The van der Waals surface area contributed by atoms with E-state index in [1.54, 1.807) is 12.5 Å². The lowest BCUT2D eigenvalue weighted by Gasteiger charge is -2.29. The number of nitrogens with one attached hydrogen (secondary N) is 1. The number of aromatic nitrogens is 1. The predicted molar refractivity (Wildman–Crippen MR) is 74.3 cm³/mol. The predicted octanol–water partition coefficient (Wildman–Crippen LogP) is 2.17. The van der Waals surface area contributed by atoms with E-state index in [0.29, 0.717) is 5.89 Å². The van der Waals surface area contributed by atoms with Crippen LogP contribution in [-0.4, -0.2) is 31.2 Å². The van der Waals surface area contributed by atoms with Gasteiger partial charge in [-0.05, 0) is 24.3 Å². The molecule has 0 atom stereocenters. The molecule has 0 aliphatic carbocycles. The zero-order valence-corrected chi connectivity index (χ0v) is 10.8. The maximum absolute atomic E-state index is 5.27. The average molecular weight is 266 g/mol. The van der Waals surface area contributed by atoms with Gasteiger partial charge in [0.05, 0.1) is 6.20 Å². The van der Waals surface area contributed by atoms with E-state index in [2.05, 4.69) is 39.5 Å². The molecule has 4 nitrogen and oxygen atoms in total. The van der Waals surface area contributed by atoms with Gasteiger partial charge in [-0.15, -0.1) is 12.4 Å². The molecule has 0 bridgehead atoms. The van der Waals surface area contributed by atoms with Gasteiger partial charge in [-0.25, -0.2) is 4.98 Å². The van der Waals surface area contributed by atoms with E-state index in [1.807, 2.05) is 0 Å². The lowest BCUT2D eigenvalue weighted by atomic mass is 10.2. The number of hydrogen-bond acceptors (Lipinski definition) is 4. The first-order valence-electron chi connectivity index (χ1n) is 5.89. The molecule has 1 N–H and O–H groups in total. The topological polar surface area (TPSA) is 41.3 Å². The van der Waals surface area contributed by atoms with Crippen molar-refractivity contribution in [1.82, 2.24) is 10.3 Å². The standard InChI is InChI=1S/C13H15N3O.ClH/c1-3-12(16-8-5-14-6-9-16)4-2-11(1)13-15-7-10-17-13;/h1-4,7,10,14H,5-6,8-9H2;1H. The van der Waals surface area contributed by atoms with Gasteiger partial charge in [0, 0.05) is 37.4 Å². The molecule has 2 heterocycles. The largest absolute Gasteiger partial charge is 0.445 e. The molecule has 2 aromatic rings. The van der Waals surface area contributed by atoms with Crippen LogP contribution in [0.1, 0.15) is 0 Å². The number of halogens is 1. The summed E-state index contributed by atoms with van der Waals surface area (Å²) in [6.45, 7) is 4.25. The number of nitrogens with zero attached hydrogens (tertiary/aromatic N) is 2. The first-order chi connectivity index (χ1) is 8.43. The summed E-state index contributed by atoms with van der Waals surface area (Å²) in [5, 5.41) is 3.35. The summed E-state index contributed by atoms with van der Waals surface area (Å²) >= 11 is 0. The zero-order valence-electron chi connectivity index (χ0n) is 10.0. The van der Waals surface area contributed by atoms with Gasteiger partial charge in [0.15, 0.2) is 0 Å². The highest BCUT2D eigenvalue weighted by atomic mass is 35.5. The van der Waals surface area contributed by atoms with Gasteiger partial charge in [0.2, 0.25) is 5.89 Å². The minimum Gasteiger partial charge on any atom is -0.445 e. The van der Waals surface area contributed by atoms with Gasteiger partial charge >= 0.3 is 0 Å². The van der Waals surface area contributed by atoms with Crippen molar-refractivity contribution in [3.8, 4) is 11.5 Å². The average Bonchev–Trinajstić information content (AvgIpc) is 2.94. The normalized spacial score (nSPS) is 15.2. The minimum atomic E-state index is 0. The first-order valence-corrected chi connectivity index (χ1v) is 5.89. The van der Waals surface area contributed by atoms with Crippen molar-refractivity contribution in [2.45, 2.75) is 0 Å². The van der Waals surface area contributed by atoms with Crippen LogP contribution < -0.4 is 10.2 Å². The van der Waals surface area contributed by atoms with Gasteiger partial charge in [-0.2, -0.15) is 0 Å². The van der Waals surface area contributed by atoms with Crippen LogP contribution in [0.15, 0.2) is 41.1 Å². The molecular weight excluding hydrogens is 250 g/mol. The molecule has 0 saturated carbocycles. The lowest BCUT2D eigenvalue weighted by molar-refractivity contribution is 0.574. The van der Waals surface area contributed by atoms with Crippen molar-refractivity contribution < 1.29 is 4.42 Å². The number of hydrogen-bond donors (Lipinski definition) is 1. The second-order valence-electron chi connectivity index (χ2n) is 4.12. The summed E-state index contributed by atoms with van der Waals surface area (Å²) in [5.74, 6) is 0.678. The van der Waals surface area contributed by atoms with Crippen molar-refractivity contribution in [2.24, 2.45) is 0 Å². The van der Waals surface area contributed by atoms with Crippen molar-refractivity contribution in [1.29, 1.82) is 0 Å². The fourth-order valence-corrected chi connectivity index (χ4v) is 2.10. The number of rotatable bonds is 2. The fourth-order valence-electron chi connectivity index (χ4n) is 2.10. The van der Waals surface area contributed by atoms with Gasteiger partial charge < -0.3 is 14.6 Å². The molecule has 1 aromatic heterocycles. The molecule has 18 heavy (non-hydrogen) atoms. The van der Waals surface area contributed by atoms with Gasteiger partial charge in [0.1, 0.15) is 6.26 Å². The quantitative estimate of drug-likeness (QED) is 0.904. The summed E-state index contributed by atoms with van der Waals surface area (Å²) in [4.78, 5) is 6.52. The molecule has 1 aliphatic heterocycles. The summed E-state index contributed by atoms with van der Waals surface area (Å²) in [7, 11) is 0. The third kappa shape index (κ3) is 2.66. The molecule has 96 valence electrons. The Balaban J connectivity index is 0.00000120. The third-order valence-electron chi connectivity index (χ3n) is 3.03. The summed E-state index contributed by atoms with van der Waals surface area (Å²) < 4.78 is 5.27. The van der Waals surface area contributed by atoms with Crippen LogP contribution in [0, 0.1) is 0 Å². The lowest BCUT2D eigenvalue weighted by Crippen LogP contribution is -2.43. The summed E-state index contributed by atoms with van der Waals surface area (Å²) in [5.41, 5.74) is 2.29. The molecule has 5 heteroatoms. The molecule has 1 aliphatic rings. The Morgan fingerprint density at radius 3 is 2.44 bits per heavy atom. The molecule has 3 rings (SSSR count). The van der Waals surface area contributed by atoms with E-state index in [1.165, 1.54) is 5.69 Å². The molecule has 0 radical (unpaired) electrons. The molecule has 1 saturated heterocycles. The Morgan fingerprint density at radius 1 is 1.11 bits per heavy atom. The van der Waals surface area contributed by atoms with Crippen molar-refractivity contribution in [2.75, 3.05) is 31.1 Å². The SMILES string of the molecule is Cl.c1coc(-c2ccc(N3CCNCC3)cc2)n1. The van der Waals surface area contributed by atoms with E-state index >= 15 is 0 Å². The Labute approximate surface area is 112 Å². The monoisotopic (exact) mass is 265 g/mol. The van der Waals surface area contributed by atoms with Gasteiger partial charge in [-0.1, -0.05) is 0 Å². The van der Waals surface area contributed by atoms with Crippen LogP contribution in [0.3, 0.4) is 0 Å². The van der Waals surface area contributed by atoms with Gasteiger partial charge in [-0.3, -0.25) is 0 Å².